The van der Waals surface area contributed by atoms with E-state index < -0.39 is 0 Å². The minimum absolute atomic E-state index is 0.769. The Morgan fingerprint density at radius 1 is 1.06 bits per heavy atom. The molecule has 1 aromatic carbocycles. The van der Waals surface area contributed by atoms with Crippen molar-refractivity contribution < 1.29 is 0 Å². The molecule has 1 nitrogen and oxygen atoms in total. The summed E-state index contributed by atoms with van der Waals surface area (Å²) >= 11 is 0. The van der Waals surface area contributed by atoms with E-state index in [0.29, 0.717) is 0 Å². The molecule has 1 heteroatoms. The summed E-state index contributed by atoms with van der Waals surface area (Å²) in [4.78, 5) is 0. The third-order valence-electron chi connectivity index (χ3n) is 4.10. The molecule has 0 unspecified atom stereocenters. The van der Waals surface area contributed by atoms with Gasteiger partial charge in [-0.25, -0.2) is 0 Å². The van der Waals surface area contributed by atoms with Crippen LogP contribution in [0, 0.1) is 11.8 Å². The Kier molecular flexibility index (Phi) is 5.25. The summed E-state index contributed by atoms with van der Waals surface area (Å²) in [5, 5.41) is 3.61. The molecule has 0 atom stereocenters. The molecule has 0 aliphatic heterocycles. The number of benzene rings is 1. The van der Waals surface area contributed by atoms with Gasteiger partial charge >= 0.3 is 0 Å². The van der Waals surface area contributed by atoms with E-state index in [-0.39, 0.29) is 0 Å². The van der Waals surface area contributed by atoms with E-state index in [1.165, 1.54) is 38.8 Å². The van der Waals surface area contributed by atoms with Gasteiger partial charge in [0, 0.05) is 0 Å². The number of hydrogen-bond acceptors (Lipinski definition) is 1. The van der Waals surface area contributed by atoms with Crippen molar-refractivity contribution in [3.63, 3.8) is 0 Å². The van der Waals surface area contributed by atoms with Crippen molar-refractivity contribution in [2.24, 2.45) is 11.8 Å². The summed E-state index contributed by atoms with van der Waals surface area (Å²) in [6.07, 6.45) is 5.53. The van der Waals surface area contributed by atoms with Gasteiger partial charge in [0.15, 0.2) is 0 Å². The lowest BCUT2D eigenvalue weighted by Gasteiger charge is -2.29. The normalized spacial score (nSPS) is 24.4. The molecule has 18 heavy (non-hydrogen) atoms. The zero-order chi connectivity index (χ0) is 12.8. The third-order valence-corrected chi connectivity index (χ3v) is 4.10. The minimum Gasteiger partial charge on any atom is -0.316 e. The highest BCUT2D eigenvalue weighted by atomic mass is 14.9. The first-order chi connectivity index (χ1) is 8.75. The highest BCUT2D eigenvalue weighted by molar-refractivity contribution is 5.19. The molecule has 1 aromatic rings. The smallest absolute Gasteiger partial charge is 0.00204 e. The molecule has 0 aromatic heterocycles. The maximum absolute atomic E-state index is 3.61. The van der Waals surface area contributed by atoms with Gasteiger partial charge in [-0.2, -0.15) is 0 Å². The fourth-order valence-electron chi connectivity index (χ4n) is 3.00. The Balaban J connectivity index is 1.71. The zero-order valence-electron chi connectivity index (χ0n) is 11.9. The Bertz CT molecular complexity index is 323. The molecule has 0 amide bonds. The quantitative estimate of drug-likeness (QED) is 0.819. The SMILES string of the molecule is CC(C)CNCC1CCC(c2ccccc2)CC1. The minimum atomic E-state index is 0.769. The van der Waals surface area contributed by atoms with Gasteiger partial charge in [-0.3, -0.25) is 0 Å². The first-order valence-electron chi connectivity index (χ1n) is 7.51. The van der Waals surface area contributed by atoms with Crippen molar-refractivity contribution in [3.8, 4) is 0 Å². The Hall–Kier alpha value is -0.820. The summed E-state index contributed by atoms with van der Waals surface area (Å²) in [5.41, 5.74) is 1.55. The van der Waals surface area contributed by atoms with Crippen LogP contribution in [0.25, 0.3) is 0 Å². The molecule has 1 fully saturated rings. The third kappa shape index (κ3) is 4.13. The van der Waals surface area contributed by atoms with Crippen molar-refractivity contribution in [3.05, 3.63) is 35.9 Å². The Morgan fingerprint density at radius 2 is 1.72 bits per heavy atom. The Morgan fingerprint density at radius 3 is 2.33 bits per heavy atom. The summed E-state index contributed by atoms with van der Waals surface area (Å²) in [6.45, 7) is 6.94. The molecule has 1 saturated carbocycles. The van der Waals surface area contributed by atoms with Crippen LogP contribution < -0.4 is 5.32 Å². The molecular formula is C17H27N. The molecule has 0 heterocycles. The Labute approximate surface area is 112 Å². The maximum Gasteiger partial charge on any atom is -0.00204 e. The van der Waals surface area contributed by atoms with Crippen molar-refractivity contribution in [2.75, 3.05) is 13.1 Å². The van der Waals surface area contributed by atoms with Crippen LogP contribution in [-0.4, -0.2) is 13.1 Å². The van der Waals surface area contributed by atoms with Crippen LogP contribution in [0.3, 0.4) is 0 Å². The molecule has 2 rings (SSSR count). The van der Waals surface area contributed by atoms with Crippen LogP contribution in [0.5, 0.6) is 0 Å². The lowest BCUT2D eigenvalue weighted by molar-refractivity contribution is 0.310. The van der Waals surface area contributed by atoms with E-state index in [2.05, 4.69) is 49.5 Å². The highest BCUT2D eigenvalue weighted by Crippen LogP contribution is 2.35. The largest absolute Gasteiger partial charge is 0.316 e. The molecule has 0 saturated heterocycles. The summed E-state index contributed by atoms with van der Waals surface area (Å²) in [6, 6.07) is 11.0. The summed E-state index contributed by atoms with van der Waals surface area (Å²) < 4.78 is 0. The van der Waals surface area contributed by atoms with Crippen LogP contribution in [0.1, 0.15) is 51.0 Å². The van der Waals surface area contributed by atoms with E-state index in [4.69, 9.17) is 0 Å². The van der Waals surface area contributed by atoms with Gasteiger partial charge in [-0.1, -0.05) is 44.2 Å². The van der Waals surface area contributed by atoms with Gasteiger partial charge in [0.05, 0.1) is 0 Å². The summed E-state index contributed by atoms with van der Waals surface area (Å²) in [7, 11) is 0. The second-order valence-corrected chi connectivity index (χ2v) is 6.18. The van der Waals surface area contributed by atoms with Crippen molar-refractivity contribution in [1.29, 1.82) is 0 Å². The number of hydrogen-bond donors (Lipinski definition) is 1. The van der Waals surface area contributed by atoms with E-state index in [9.17, 15) is 0 Å². The van der Waals surface area contributed by atoms with Crippen LogP contribution in [0.15, 0.2) is 30.3 Å². The fourth-order valence-corrected chi connectivity index (χ4v) is 3.00. The molecule has 1 aliphatic rings. The highest BCUT2D eigenvalue weighted by Gasteiger charge is 2.21. The van der Waals surface area contributed by atoms with Crippen LogP contribution in [-0.2, 0) is 0 Å². The van der Waals surface area contributed by atoms with Crippen LogP contribution in [0.2, 0.25) is 0 Å². The van der Waals surface area contributed by atoms with Gasteiger partial charge in [0.1, 0.15) is 0 Å². The van der Waals surface area contributed by atoms with Gasteiger partial charge in [0.2, 0.25) is 0 Å². The molecule has 0 radical (unpaired) electrons. The monoisotopic (exact) mass is 245 g/mol. The number of nitrogens with one attached hydrogen (secondary N) is 1. The molecule has 100 valence electrons. The molecule has 1 aliphatic carbocycles. The molecule has 0 bridgehead atoms. The number of rotatable bonds is 5. The van der Waals surface area contributed by atoms with Crippen molar-refractivity contribution in [2.45, 2.75) is 45.4 Å². The first-order valence-corrected chi connectivity index (χ1v) is 7.51. The van der Waals surface area contributed by atoms with Crippen molar-refractivity contribution in [1.82, 2.24) is 5.32 Å². The van der Waals surface area contributed by atoms with Crippen LogP contribution in [0.4, 0.5) is 0 Å². The lowest BCUT2D eigenvalue weighted by atomic mass is 9.78. The van der Waals surface area contributed by atoms with Gasteiger partial charge in [0.25, 0.3) is 0 Å². The van der Waals surface area contributed by atoms with Gasteiger partial charge < -0.3 is 5.32 Å². The predicted octanol–water partition coefficient (Wildman–Crippen LogP) is 4.21. The average molecular weight is 245 g/mol. The predicted molar refractivity (Wildman–Crippen MR) is 78.8 cm³/mol. The molecule has 0 spiro atoms. The lowest BCUT2D eigenvalue weighted by Crippen LogP contribution is -2.28. The zero-order valence-corrected chi connectivity index (χ0v) is 11.9. The molecule has 1 N–H and O–H groups in total. The van der Waals surface area contributed by atoms with E-state index in [1.807, 2.05) is 0 Å². The molecular weight excluding hydrogens is 218 g/mol. The van der Waals surface area contributed by atoms with Gasteiger partial charge in [-0.15, -0.1) is 0 Å². The first kappa shape index (κ1) is 13.6. The second-order valence-electron chi connectivity index (χ2n) is 6.18. The average Bonchev–Trinajstić information content (AvgIpc) is 2.40. The fraction of sp³-hybridized carbons (Fsp3) is 0.647. The van der Waals surface area contributed by atoms with E-state index >= 15 is 0 Å². The van der Waals surface area contributed by atoms with E-state index in [0.717, 1.165) is 17.8 Å². The second kappa shape index (κ2) is 6.94. The van der Waals surface area contributed by atoms with Crippen molar-refractivity contribution >= 4 is 0 Å². The van der Waals surface area contributed by atoms with Gasteiger partial charge in [-0.05, 0) is 62.1 Å². The van der Waals surface area contributed by atoms with E-state index in [1.54, 1.807) is 5.56 Å². The standard InChI is InChI=1S/C17H27N/c1-14(2)12-18-13-15-8-10-17(11-9-15)16-6-4-3-5-7-16/h3-7,14-15,17-18H,8-13H2,1-2H3. The topological polar surface area (TPSA) is 12.0 Å². The summed E-state index contributed by atoms with van der Waals surface area (Å²) in [5.74, 6) is 2.49. The maximum atomic E-state index is 3.61. The van der Waals surface area contributed by atoms with Crippen LogP contribution >= 0.6 is 0 Å².